The van der Waals surface area contributed by atoms with Crippen LogP contribution in [0.15, 0.2) is 24.3 Å². The lowest BCUT2D eigenvalue weighted by molar-refractivity contribution is -0.143. The molecule has 2 rings (SSSR count). The van der Waals surface area contributed by atoms with Crippen molar-refractivity contribution in [1.82, 2.24) is 21.3 Å². The molecule has 1 aromatic carbocycles. The number of ether oxygens (including phenoxy) is 4. The molecule has 21 heteroatoms. The van der Waals surface area contributed by atoms with Gasteiger partial charge in [-0.3, -0.25) is 38.4 Å². The number of rotatable bonds is 54. The summed E-state index contributed by atoms with van der Waals surface area (Å²) < 4.78 is 21.8. The highest BCUT2D eigenvalue weighted by atomic mass is 16.5. The van der Waals surface area contributed by atoms with E-state index in [2.05, 4.69) is 21.3 Å². The highest BCUT2D eigenvalue weighted by Crippen LogP contribution is 2.29. The van der Waals surface area contributed by atoms with Crippen LogP contribution in [-0.4, -0.2) is 146 Å². The molecular formula is C63H105N5O16. The Morgan fingerprint density at radius 2 is 1.11 bits per heavy atom. The fourth-order valence-electron chi connectivity index (χ4n) is 10.1. The molecule has 478 valence electrons. The van der Waals surface area contributed by atoms with Crippen LogP contribution in [0.4, 0.5) is 0 Å². The summed E-state index contributed by atoms with van der Waals surface area (Å²) in [7, 11) is 0. The van der Waals surface area contributed by atoms with Crippen LogP contribution in [-0.2, 0) is 68.5 Å². The number of hydrogen-bond donors (Lipinski definition) is 8. The minimum atomic E-state index is -1.21. The van der Waals surface area contributed by atoms with Gasteiger partial charge in [0.25, 0.3) is 0 Å². The quantitative estimate of drug-likeness (QED) is 0.0288. The number of nitrogens with one attached hydrogen (secondary N) is 4. The lowest BCUT2D eigenvalue weighted by atomic mass is 9.81. The number of carboxylic acid groups (broad SMARTS) is 2. The molecule has 0 aromatic heterocycles. The number of carboxylic acids is 2. The van der Waals surface area contributed by atoms with Gasteiger partial charge in [0.2, 0.25) is 29.5 Å². The normalized spacial score (nSPS) is 15.5. The average Bonchev–Trinajstić information content (AvgIpc) is 3.50. The molecule has 1 fully saturated rings. The smallest absolute Gasteiger partial charge is 0.326 e. The molecule has 1 saturated carbocycles. The zero-order chi connectivity index (χ0) is 61.6. The Labute approximate surface area is 499 Å². The van der Waals surface area contributed by atoms with E-state index in [-0.39, 0.29) is 144 Å². The monoisotopic (exact) mass is 1190 g/mol. The Balaban J connectivity index is 1.42. The lowest BCUT2D eigenvalue weighted by Gasteiger charge is -2.28. The number of unbranched alkanes of at least 4 members (excludes halogenated alkanes) is 15. The maximum atomic E-state index is 13.2. The first-order valence-corrected chi connectivity index (χ1v) is 31.5. The molecular weight excluding hydrogens is 1080 g/mol. The number of amides is 5. The zero-order valence-electron chi connectivity index (χ0n) is 50.8. The molecule has 4 atom stereocenters. The number of aromatic hydroxyl groups is 1. The summed E-state index contributed by atoms with van der Waals surface area (Å²) in [6.07, 6.45) is 23.9. The van der Waals surface area contributed by atoms with Crippen molar-refractivity contribution in [3.05, 3.63) is 29.8 Å². The minimum Gasteiger partial charge on any atom is -0.508 e. The molecule has 84 heavy (non-hydrogen) atoms. The zero-order valence-corrected chi connectivity index (χ0v) is 50.8. The Bertz CT molecular complexity index is 2030. The molecule has 0 radical (unpaired) electrons. The molecule has 5 amide bonds. The first-order valence-electron chi connectivity index (χ1n) is 31.5. The molecule has 0 bridgehead atoms. The largest absolute Gasteiger partial charge is 0.508 e. The first-order chi connectivity index (χ1) is 40.5. The van der Waals surface area contributed by atoms with Crippen LogP contribution >= 0.6 is 0 Å². The number of primary amides is 1. The molecule has 1 aromatic rings. The van der Waals surface area contributed by atoms with E-state index in [0.29, 0.717) is 51.7 Å². The molecule has 0 heterocycles. The number of carbonyl (C=O) groups is 9. The van der Waals surface area contributed by atoms with Gasteiger partial charge in [0.15, 0.2) is 11.6 Å². The van der Waals surface area contributed by atoms with Gasteiger partial charge >= 0.3 is 11.9 Å². The Kier molecular flexibility index (Phi) is 42.4. The van der Waals surface area contributed by atoms with E-state index in [0.717, 1.165) is 56.9 Å². The van der Waals surface area contributed by atoms with Crippen LogP contribution in [0.5, 0.6) is 5.75 Å². The first kappa shape index (κ1) is 74.6. The van der Waals surface area contributed by atoms with Crippen molar-refractivity contribution in [3.63, 3.8) is 0 Å². The van der Waals surface area contributed by atoms with Crippen molar-refractivity contribution in [2.45, 2.75) is 219 Å². The van der Waals surface area contributed by atoms with E-state index in [9.17, 15) is 53.4 Å². The van der Waals surface area contributed by atoms with Crippen molar-refractivity contribution in [2.75, 3.05) is 65.9 Å². The van der Waals surface area contributed by atoms with Crippen molar-refractivity contribution >= 4 is 53.0 Å². The van der Waals surface area contributed by atoms with Gasteiger partial charge in [-0.15, -0.1) is 0 Å². The van der Waals surface area contributed by atoms with Crippen LogP contribution in [0.25, 0.3) is 0 Å². The fourth-order valence-corrected chi connectivity index (χ4v) is 10.1. The molecule has 1 aliphatic rings. The van der Waals surface area contributed by atoms with Gasteiger partial charge in [-0.1, -0.05) is 122 Å². The van der Waals surface area contributed by atoms with E-state index in [1.165, 1.54) is 76.3 Å². The Morgan fingerprint density at radius 1 is 0.571 bits per heavy atom. The molecule has 0 unspecified atom stereocenters. The van der Waals surface area contributed by atoms with E-state index in [4.69, 9.17) is 29.8 Å². The van der Waals surface area contributed by atoms with Crippen LogP contribution in [0.1, 0.15) is 206 Å². The van der Waals surface area contributed by atoms with Gasteiger partial charge in [-0.05, 0) is 93.7 Å². The van der Waals surface area contributed by atoms with Crippen molar-refractivity contribution in [2.24, 2.45) is 29.4 Å². The number of nitrogens with two attached hydrogens (primary N) is 1. The van der Waals surface area contributed by atoms with E-state index >= 15 is 0 Å². The fraction of sp³-hybridized carbons (Fsp3) is 0.762. The van der Waals surface area contributed by atoms with Crippen LogP contribution in [0.2, 0.25) is 0 Å². The van der Waals surface area contributed by atoms with Gasteiger partial charge in [0.1, 0.15) is 25.0 Å². The maximum absolute atomic E-state index is 13.2. The third kappa shape index (κ3) is 38.4. The summed E-state index contributed by atoms with van der Waals surface area (Å²) in [5.41, 5.74) is 6.43. The molecule has 21 nitrogen and oxygen atoms in total. The van der Waals surface area contributed by atoms with Crippen LogP contribution < -0.4 is 27.0 Å². The van der Waals surface area contributed by atoms with Gasteiger partial charge in [0.05, 0.1) is 39.1 Å². The summed E-state index contributed by atoms with van der Waals surface area (Å²) in [4.78, 5) is 111. The standard InChI is InChI=1S/C63H105N5O16/c1-3-47(2)60(55(71)34-30-51(61(64)77)43-48-26-31-52(69)32-27-48)68-58(74)46-84-42-39-81-37-20-21-53(70)45-83-41-40-82-38-36-65-57(73)35-33-54(63(79)80)67-62(78)50-28-24-49(25-29-50)44-66-56(72)22-18-16-14-12-10-8-6-4-5-7-9-11-13-15-17-19-23-59(75)76/h26-27,31-32,47,49-51,54,60,69H,3-25,28-30,33-46H2,1-2H3,(H2,64,77)(H,65,73)(H,66,72)(H,67,78)(H,68,74)(H,75,76)(H,79,80)/t47-,49?,50?,51-,54-,60-/m0/s1. The summed E-state index contributed by atoms with van der Waals surface area (Å²) in [5, 5.41) is 39.1. The van der Waals surface area contributed by atoms with E-state index in [1.54, 1.807) is 12.1 Å². The number of hydrogen-bond acceptors (Lipinski definition) is 14. The predicted molar refractivity (Wildman–Crippen MR) is 319 cm³/mol. The van der Waals surface area contributed by atoms with Gasteiger partial charge < -0.3 is 61.3 Å². The Hall–Kier alpha value is -5.51. The number of carbonyl (C=O) groups excluding carboxylic acids is 7. The molecule has 0 spiro atoms. The van der Waals surface area contributed by atoms with Crippen molar-refractivity contribution in [3.8, 4) is 5.75 Å². The number of benzene rings is 1. The third-order valence-electron chi connectivity index (χ3n) is 15.6. The predicted octanol–water partition coefficient (Wildman–Crippen LogP) is 7.83. The summed E-state index contributed by atoms with van der Waals surface area (Å²) >= 11 is 0. The van der Waals surface area contributed by atoms with Gasteiger partial charge in [-0.25, -0.2) is 4.79 Å². The minimum absolute atomic E-state index is 0.0549. The van der Waals surface area contributed by atoms with E-state index < -0.39 is 41.8 Å². The Morgan fingerprint density at radius 3 is 1.67 bits per heavy atom. The highest BCUT2D eigenvalue weighted by molar-refractivity contribution is 5.90. The third-order valence-corrected chi connectivity index (χ3v) is 15.6. The second-order valence-electron chi connectivity index (χ2n) is 22.7. The lowest BCUT2D eigenvalue weighted by Crippen LogP contribution is -2.46. The number of Topliss-reactive ketones (excluding diaryl/α,β-unsaturated/α-hetero) is 2. The van der Waals surface area contributed by atoms with Crippen molar-refractivity contribution < 1.29 is 77.4 Å². The van der Waals surface area contributed by atoms with E-state index in [1.807, 2.05) is 13.8 Å². The molecule has 9 N–H and O–H groups in total. The topological polar surface area (TPSA) is 325 Å². The summed E-state index contributed by atoms with van der Waals surface area (Å²) in [5.74, 6) is -4.53. The number of phenolic OH excluding ortho intramolecular Hbond substituents is 1. The second-order valence-corrected chi connectivity index (χ2v) is 22.7. The van der Waals surface area contributed by atoms with Gasteiger partial charge in [-0.2, -0.15) is 0 Å². The molecule has 1 aliphatic carbocycles. The van der Waals surface area contributed by atoms with Crippen LogP contribution in [0.3, 0.4) is 0 Å². The number of ketones is 2. The van der Waals surface area contributed by atoms with Crippen molar-refractivity contribution in [1.29, 1.82) is 0 Å². The highest BCUT2D eigenvalue weighted by Gasteiger charge is 2.31. The SMILES string of the molecule is CC[C@H](C)[C@H](NC(=O)COCCOCCCC(=O)COCCOCCNC(=O)CC[C@H](NC(=O)C1CCC(CNC(=O)CCCCCCCCCCCCCCCCCCC(=O)O)CC1)C(=O)O)C(=O)CC[C@@H](Cc1ccc(O)cc1)C(N)=O. The average molecular weight is 1190 g/mol. The van der Waals surface area contributed by atoms with Gasteiger partial charge in [0, 0.05) is 63.6 Å². The maximum Gasteiger partial charge on any atom is 0.326 e. The number of aliphatic carboxylic acids is 2. The number of phenols is 1. The summed E-state index contributed by atoms with van der Waals surface area (Å²) in [6, 6.07) is 4.49. The second kappa shape index (κ2) is 47.7. The molecule has 0 aliphatic heterocycles. The molecule has 0 saturated heterocycles. The van der Waals surface area contributed by atoms with Crippen LogP contribution in [0, 0.1) is 23.7 Å². The summed E-state index contributed by atoms with van der Waals surface area (Å²) in [6.45, 7) is 5.32.